The summed E-state index contributed by atoms with van der Waals surface area (Å²) in [6, 6.07) is 8.01. The van der Waals surface area contributed by atoms with E-state index in [1.807, 2.05) is 44.0 Å². The van der Waals surface area contributed by atoms with Crippen LogP contribution in [0.1, 0.15) is 29.4 Å². The van der Waals surface area contributed by atoms with Gasteiger partial charge in [0.05, 0.1) is 7.11 Å². The van der Waals surface area contributed by atoms with E-state index in [1.54, 1.807) is 19.4 Å². The Morgan fingerprint density at radius 3 is 2.68 bits per heavy atom. The van der Waals surface area contributed by atoms with Crippen LogP contribution in [0.15, 0.2) is 47.2 Å². The van der Waals surface area contributed by atoms with E-state index in [0.29, 0.717) is 5.75 Å². The number of amides is 1. The van der Waals surface area contributed by atoms with Gasteiger partial charge in [-0.3, -0.25) is 14.7 Å². The molecule has 3 heterocycles. The normalized spacial score (nSPS) is 15.5. The number of furan rings is 1. The molecule has 0 spiro atoms. The van der Waals surface area contributed by atoms with Crippen molar-refractivity contribution < 1.29 is 13.9 Å². The van der Waals surface area contributed by atoms with E-state index in [0.717, 1.165) is 66.2 Å². The van der Waals surface area contributed by atoms with E-state index < -0.39 is 0 Å². The first-order chi connectivity index (χ1) is 15.0. The maximum absolute atomic E-state index is 12.9. The van der Waals surface area contributed by atoms with Crippen LogP contribution in [0.3, 0.4) is 0 Å². The molecule has 2 aromatic heterocycles. The first-order valence-electron chi connectivity index (χ1n) is 10.6. The number of hydrogen-bond acceptors (Lipinski definition) is 5. The number of carbonyl (C=O) groups is 1. The van der Waals surface area contributed by atoms with Crippen molar-refractivity contribution in [3.8, 4) is 5.75 Å². The molecule has 1 fully saturated rings. The van der Waals surface area contributed by atoms with E-state index >= 15 is 0 Å². The lowest BCUT2D eigenvalue weighted by Gasteiger charge is -2.34. The summed E-state index contributed by atoms with van der Waals surface area (Å²) in [7, 11) is 1.64. The van der Waals surface area contributed by atoms with Crippen molar-refractivity contribution in [1.82, 2.24) is 14.8 Å². The number of aromatic nitrogens is 1. The molecule has 0 bridgehead atoms. The van der Waals surface area contributed by atoms with Gasteiger partial charge < -0.3 is 14.1 Å². The van der Waals surface area contributed by atoms with Crippen LogP contribution >= 0.6 is 0 Å². The van der Waals surface area contributed by atoms with Gasteiger partial charge in [0, 0.05) is 68.2 Å². The fraction of sp³-hybridized carbons (Fsp3) is 0.360. The van der Waals surface area contributed by atoms with Gasteiger partial charge in [0.15, 0.2) is 0 Å². The zero-order valence-electron chi connectivity index (χ0n) is 18.6. The van der Waals surface area contributed by atoms with Gasteiger partial charge in [0.1, 0.15) is 17.1 Å². The number of ether oxygens (including phenoxy) is 1. The number of aryl methyl sites for hydroxylation is 2. The molecular weight excluding hydrogens is 390 g/mol. The Bertz CT molecular complexity index is 1110. The van der Waals surface area contributed by atoms with Crippen LogP contribution in [0.2, 0.25) is 0 Å². The van der Waals surface area contributed by atoms with Gasteiger partial charge in [-0.1, -0.05) is 6.07 Å². The summed E-state index contributed by atoms with van der Waals surface area (Å²) < 4.78 is 11.4. The summed E-state index contributed by atoms with van der Waals surface area (Å²) in [4.78, 5) is 21.4. The zero-order chi connectivity index (χ0) is 22.0. The first-order valence-corrected chi connectivity index (χ1v) is 10.6. The number of rotatable bonds is 5. The topological polar surface area (TPSA) is 58.8 Å². The minimum absolute atomic E-state index is 0.0424. The molecule has 1 aliphatic rings. The summed E-state index contributed by atoms with van der Waals surface area (Å²) in [5.74, 6) is 1.65. The van der Waals surface area contributed by atoms with Crippen LogP contribution in [0.25, 0.3) is 16.5 Å². The van der Waals surface area contributed by atoms with Crippen LogP contribution in [-0.2, 0) is 11.3 Å². The van der Waals surface area contributed by atoms with Crippen molar-refractivity contribution in [2.75, 3.05) is 33.3 Å². The number of pyridine rings is 1. The predicted octanol–water partition coefficient (Wildman–Crippen LogP) is 4.20. The lowest BCUT2D eigenvalue weighted by atomic mass is 10.0. The minimum atomic E-state index is 0.0424. The fourth-order valence-electron chi connectivity index (χ4n) is 4.08. The molecule has 1 saturated heterocycles. The standard InChI is InChI=1S/C25H29N3O3/c1-17(21-13-22-18(2)19(3)31-24(22)14-23(21)30-4)12-25(29)28-10-8-27(9-11-28)16-20-6-5-7-26-15-20/h5-7,12-15H,8-11,16H2,1-4H3/b17-12+. The van der Waals surface area contributed by atoms with E-state index in [-0.39, 0.29) is 5.91 Å². The van der Waals surface area contributed by atoms with E-state index in [4.69, 9.17) is 9.15 Å². The number of allylic oxidation sites excluding steroid dienone is 1. The Balaban J connectivity index is 1.46. The molecule has 0 N–H and O–H groups in total. The molecule has 0 atom stereocenters. The predicted molar refractivity (Wildman–Crippen MR) is 122 cm³/mol. The average Bonchev–Trinajstić information content (AvgIpc) is 3.06. The largest absolute Gasteiger partial charge is 0.496 e. The number of fused-ring (bicyclic) bond motifs is 1. The summed E-state index contributed by atoms with van der Waals surface area (Å²) in [5, 5.41) is 1.05. The molecule has 1 amide bonds. The molecule has 162 valence electrons. The smallest absolute Gasteiger partial charge is 0.246 e. The summed E-state index contributed by atoms with van der Waals surface area (Å²) >= 11 is 0. The van der Waals surface area contributed by atoms with Crippen molar-refractivity contribution in [2.24, 2.45) is 0 Å². The molecule has 1 aromatic carbocycles. The van der Waals surface area contributed by atoms with Gasteiger partial charge in [-0.2, -0.15) is 0 Å². The number of benzene rings is 1. The second-order valence-electron chi connectivity index (χ2n) is 8.12. The SMILES string of the molecule is COc1cc2oc(C)c(C)c2cc1/C(C)=C/C(=O)N1CCN(Cc2cccnc2)CC1. The van der Waals surface area contributed by atoms with Gasteiger partial charge in [-0.25, -0.2) is 0 Å². The lowest BCUT2D eigenvalue weighted by Crippen LogP contribution is -2.47. The monoisotopic (exact) mass is 419 g/mol. The van der Waals surface area contributed by atoms with Crippen molar-refractivity contribution >= 4 is 22.4 Å². The van der Waals surface area contributed by atoms with Crippen molar-refractivity contribution in [1.29, 1.82) is 0 Å². The van der Waals surface area contributed by atoms with Crippen LogP contribution < -0.4 is 4.74 Å². The maximum atomic E-state index is 12.9. The Morgan fingerprint density at radius 1 is 1.23 bits per heavy atom. The molecule has 0 aliphatic carbocycles. The fourth-order valence-corrected chi connectivity index (χ4v) is 4.08. The van der Waals surface area contributed by atoms with Crippen molar-refractivity contribution in [2.45, 2.75) is 27.3 Å². The first kappa shape index (κ1) is 21.1. The minimum Gasteiger partial charge on any atom is -0.496 e. The van der Waals surface area contributed by atoms with Gasteiger partial charge in [-0.15, -0.1) is 0 Å². The Hall–Kier alpha value is -3.12. The second kappa shape index (κ2) is 8.94. The third-order valence-electron chi connectivity index (χ3n) is 6.07. The highest BCUT2D eigenvalue weighted by atomic mass is 16.5. The molecule has 0 saturated carbocycles. The number of nitrogens with zero attached hydrogens (tertiary/aromatic N) is 3. The quantitative estimate of drug-likeness (QED) is 0.580. The Morgan fingerprint density at radius 2 is 2.00 bits per heavy atom. The van der Waals surface area contributed by atoms with Crippen LogP contribution in [-0.4, -0.2) is 54.0 Å². The Labute approximate surface area is 183 Å². The van der Waals surface area contributed by atoms with Crippen LogP contribution in [0, 0.1) is 13.8 Å². The van der Waals surface area contributed by atoms with Gasteiger partial charge in [0.25, 0.3) is 0 Å². The number of methoxy groups -OCH3 is 1. The van der Waals surface area contributed by atoms with E-state index in [2.05, 4.69) is 22.0 Å². The maximum Gasteiger partial charge on any atom is 0.246 e. The van der Waals surface area contributed by atoms with Crippen LogP contribution in [0.4, 0.5) is 0 Å². The molecule has 0 radical (unpaired) electrons. The number of carbonyl (C=O) groups excluding carboxylic acids is 1. The van der Waals surface area contributed by atoms with Crippen LogP contribution in [0.5, 0.6) is 5.75 Å². The van der Waals surface area contributed by atoms with Crippen molar-refractivity contribution in [3.05, 3.63) is 65.2 Å². The highest BCUT2D eigenvalue weighted by Gasteiger charge is 2.21. The summed E-state index contributed by atoms with van der Waals surface area (Å²) in [6.07, 6.45) is 5.41. The van der Waals surface area contributed by atoms with E-state index in [9.17, 15) is 4.79 Å². The highest BCUT2D eigenvalue weighted by molar-refractivity contribution is 5.97. The molecule has 0 unspecified atom stereocenters. The third kappa shape index (κ3) is 4.49. The van der Waals surface area contributed by atoms with Gasteiger partial charge in [-0.05, 0) is 49.6 Å². The molecule has 6 nitrogen and oxygen atoms in total. The summed E-state index contributed by atoms with van der Waals surface area (Å²) in [6.45, 7) is 9.99. The molecule has 4 rings (SSSR count). The van der Waals surface area contributed by atoms with E-state index in [1.165, 1.54) is 5.56 Å². The summed E-state index contributed by atoms with van der Waals surface area (Å²) in [5.41, 5.74) is 4.93. The molecule has 31 heavy (non-hydrogen) atoms. The number of piperazine rings is 1. The Kier molecular flexibility index (Phi) is 6.09. The molecule has 3 aromatic rings. The lowest BCUT2D eigenvalue weighted by molar-refractivity contribution is -0.127. The molecule has 6 heteroatoms. The van der Waals surface area contributed by atoms with Gasteiger partial charge in [0.2, 0.25) is 5.91 Å². The zero-order valence-corrected chi connectivity index (χ0v) is 18.6. The molecule has 1 aliphatic heterocycles. The average molecular weight is 420 g/mol. The third-order valence-corrected chi connectivity index (χ3v) is 6.07. The van der Waals surface area contributed by atoms with Crippen molar-refractivity contribution in [3.63, 3.8) is 0 Å². The second-order valence-corrected chi connectivity index (χ2v) is 8.12. The number of hydrogen-bond donors (Lipinski definition) is 0. The molecular formula is C25H29N3O3. The van der Waals surface area contributed by atoms with Gasteiger partial charge >= 0.3 is 0 Å². The highest BCUT2D eigenvalue weighted by Crippen LogP contribution is 2.34.